The van der Waals surface area contributed by atoms with Crippen LogP contribution in [0.2, 0.25) is 0 Å². The van der Waals surface area contributed by atoms with Gasteiger partial charge in [0.1, 0.15) is 5.60 Å². The maximum atomic E-state index is 13.1. The Labute approximate surface area is 227 Å². The molecule has 0 saturated heterocycles. The van der Waals surface area contributed by atoms with Crippen molar-refractivity contribution in [1.82, 2.24) is 0 Å². The number of hydrogen-bond acceptors (Lipinski definition) is 4. The summed E-state index contributed by atoms with van der Waals surface area (Å²) in [5, 5.41) is 21.6. The summed E-state index contributed by atoms with van der Waals surface area (Å²) in [7, 11) is 0. The Bertz CT molecular complexity index is 943. The Hall–Kier alpha value is -2.07. The first-order chi connectivity index (χ1) is 18.0. The summed E-state index contributed by atoms with van der Waals surface area (Å²) in [6, 6.07) is 4.24. The summed E-state index contributed by atoms with van der Waals surface area (Å²) in [6.45, 7) is 1.29. The second-order valence-electron chi connectivity index (χ2n) is 9.59. The minimum atomic E-state index is -5.50. The highest BCUT2D eigenvalue weighted by Gasteiger charge is 2.56. The van der Waals surface area contributed by atoms with Crippen LogP contribution in [0.3, 0.4) is 0 Å². The molecule has 2 N–H and O–H groups in total. The van der Waals surface area contributed by atoms with E-state index >= 15 is 0 Å². The average molecular weight is 591 g/mol. The van der Waals surface area contributed by atoms with Crippen molar-refractivity contribution < 1.29 is 45.0 Å². The van der Waals surface area contributed by atoms with Crippen molar-refractivity contribution in [3.05, 3.63) is 29.3 Å². The van der Waals surface area contributed by atoms with E-state index in [1.807, 2.05) is 0 Å². The number of alkyl halides is 8. The summed E-state index contributed by atoms with van der Waals surface area (Å²) in [5.74, 6) is -4.51. The Morgan fingerprint density at radius 1 is 0.872 bits per heavy atom. The predicted molar refractivity (Wildman–Crippen MR) is 135 cm³/mol. The third-order valence-electron chi connectivity index (χ3n) is 6.09. The van der Waals surface area contributed by atoms with Crippen molar-refractivity contribution in [1.29, 1.82) is 5.26 Å². The number of unbranched alkanes of at least 4 members (excludes halogenated alkanes) is 7. The van der Waals surface area contributed by atoms with Gasteiger partial charge in [-0.15, -0.1) is 0 Å². The van der Waals surface area contributed by atoms with Gasteiger partial charge in [0.05, 0.1) is 17.2 Å². The van der Waals surface area contributed by atoms with E-state index in [9.17, 15) is 45.0 Å². The maximum absolute atomic E-state index is 13.1. The van der Waals surface area contributed by atoms with Gasteiger partial charge < -0.3 is 10.4 Å². The third-order valence-corrected chi connectivity index (χ3v) is 7.24. The smallest absolute Gasteiger partial charge is 0.380 e. The molecule has 13 heteroatoms. The van der Waals surface area contributed by atoms with Gasteiger partial charge in [0.25, 0.3) is 5.91 Å². The topological polar surface area (TPSA) is 73.1 Å². The quantitative estimate of drug-likeness (QED) is 0.141. The highest BCUT2D eigenvalue weighted by molar-refractivity contribution is 7.99. The zero-order chi connectivity index (χ0) is 29.7. The molecule has 1 aromatic rings. The number of benzene rings is 1. The summed E-state index contributed by atoms with van der Waals surface area (Å²) < 4.78 is 101. The number of carbonyl (C=O) groups is 1. The molecule has 1 rings (SSSR count). The fourth-order valence-corrected chi connectivity index (χ4v) is 4.67. The molecule has 1 aromatic carbocycles. The molecule has 0 radical (unpaired) electrons. The number of nitriles is 1. The van der Waals surface area contributed by atoms with Crippen molar-refractivity contribution in [3.8, 4) is 6.07 Å². The number of carbonyl (C=O) groups excluding carboxylic acids is 1. The molecule has 222 valence electrons. The lowest BCUT2D eigenvalue weighted by atomic mass is 9.96. The zero-order valence-electron chi connectivity index (χ0n) is 21.7. The van der Waals surface area contributed by atoms with Crippen LogP contribution in [-0.4, -0.2) is 40.2 Å². The van der Waals surface area contributed by atoms with Crippen molar-refractivity contribution >= 4 is 23.4 Å². The predicted octanol–water partition coefficient (Wildman–Crippen LogP) is 8.49. The van der Waals surface area contributed by atoms with E-state index in [1.54, 1.807) is 0 Å². The number of anilines is 1. The molecular formula is C26H34F8N2O2S. The molecule has 0 bridgehead atoms. The number of nitrogens with zero attached hydrogens (tertiary/aromatic N) is 1. The molecule has 4 nitrogen and oxygen atoms in total. The normalized spacial score (nSPS) is 14.1. The number of nitrogens with one attached hydrogen (secondary N) is 1. The largest absolute Gasteiger partial charge is 0.453 e. The van der Waals surface area contributed by atoms with E-state index < -0.39 is 47.3 Å². The van der Waals surface area contributed by atoms with E-state index in [2.05, 4.69) is 5.32 Å². The molecule has 0 heterocycles. The lowest BCUT2D eigenvalue weighted by molar-refractivity contribution is -0.284. The first-order valence-electron chi connectivity index (χ1n) is 12.7. The lowest BCUT2D eigenvalue weighted by Gasteiger charge is -2.22. The van der Waals surface area contributed by atoms with Gasteiger partial charge in [-0.1, -0.05) is 44.9 Å². The highest BCUT2D eigenvalue weighted by atomic mass is 32.2. The third kappa shape index (κ3) is 12.8. The second-order valence-corrected chi connectivity index (χ2v) is 10.8. The number of halogens is 8. The number of hydrogen-bond donors (Lipinski definition) is 2. The molecule has 39 heavy (non-hydrogen) atoms. The molecule has 1 amide bonds. The monoisotopic (exact) mass is 590 g/mol. The molecule has 0 unspecified atom stereocenters. The Morgan fingerprint density at radius 3 is 1.95 bits per heavy atom. The van der Waals surface area contributed by atoms with Gasteiger partial charge in [-0.25, -0.2) is 0 Å². The Balaban J connectivity index is 2.16. The highest BCUT2D eigenvalue weighted by Crippen LogP contribution is 2.39. The van der Waals surface area contributed by atoms with Gasteiger partial charge in [0.2, 0.25) is 0 Å². The van der Waals surface area contributed by atoms with Crippen LogP contribution >= 0.6 is 11.8 Å². The number of thioether (sulfide) groups is 1. The van der Waals surface area contributed by atoms with Crippen LogP contribution in [-0.2, 0) is 11.0 Å². The number of rotatable bonds is 17. The molecule has 0 aliphatic rings. The van der Waals surface area contributed by atoms with Crippen LogP contribution < -0.4 is 5.32 Å². The van der Waals surface area contributed by atoms with Crippen molar-refractivity contribution in [3.63, 3.8) is 0 Å². The molecule has 0 aromatic heterocycles. The molecule has 0 fully saturated rings. The average Bonchev–Trinajstić information content (AvgIpc) is 2.82. The minimum absolute atomic E-state index is 0.118. The SMILES string of the molecule is C[C@@](O)(CCCCCCCCCCSCCCC(F)(F)C(F)(F)F)C(=O)Nc1ccc(C#N)c(C(F)(F)F)c1. The van der Waals surface area contributed by atoms with E-state index in [4.69, 9.17) is 5.26 Å². The van der Waals surface area contributed by atoms with Gasteiger partial charge in [-0.3, -0.25) is 4.79 Å². The van der Waals surface area contributed by atoms with E-state index in [0.29, 0.717) is 18.2 Å². The molecule has 0 aliphatic heterocycles. The molecule has 0 spiro atoms. The first kappa shape index (κ1) is 35.0. The molecule has 1 atom stereocenters. The summed E-state index contributed by atoms with van der Waals surface area (Å²) in [4.78, 5) is 12.4. The molecular weight excluding hydrogens is 556 g/mol. The Kier molecular flexibility index (Phi) is 14.0. The van der Waals surface area contributed by atoms with Crippen LogP contribution in [0.1, 0.15) is 88.7 Å². The van der Waals surface area contributed by atoms with Crippen LogP contribution in [0.4, 0.5) is 40.8 Å². The van der Waals surface area contributed by atoms with Crippen molar-refractivity contribution in [2.75, 3.05) is 16.8 Å². The van der Waals surface area contributed by atoms with E-state index in [1.165, 1.54) is 30.8 Å². The summed E-state index contributed by atoms with van der Waals surface area (Å²) in [6.07, 6.45) is -4.77. The number of aliphatic hydroxyl groups is 1. The first-order valence-corrected chi connectivity index (χ1v) is 13.8. The van der Waals surface area contributed by atoms with Gasteiger partial charge >= 0.3 is 18.3 Å². The van der Waals surface area contributed by atoms with Crippen molar-refractivity contribution in [2.24, 2.45) is 0 Å². The lowest BCUT2D eigenvalue weighted by Crippen LogP contribution is -2.40. The van der Waals surface area contributed by atoms with Gasteiger partial charge in [-0.05, 0) is 55.9 Å². The molecule has 0 saturated carbocycles. The van der Waals surface area contributed by atoms with E-state index in [0.717, 1.165) is 51.0 Å². The zero-order valence-corrected chi connectivity index (χ0v) is 22.5. The molecule has 0 aliphatic carbocycles. The summed E-state index contributed by atoms with van der Waals surface area (Å²) in [5.41, 5.74) is -3.70. The fourth-order valence-electron chi connectivity index (χ4n) is 3.71. The van der Waals surface area contributed by atoms with E-state index in [-0.39, 0.29) is 24.3 Å². The fraction of sp³-hybridized carbons (Fsp3) is 0.692. The minimum Gasteiger partial charge on any atom is -0.380 e. The van der Waals surface area contributed by atoms with Crippen molar-refractivity contribution in [2.45, 2.75) is 101 Å². The standard InChI is InChI=1S/C26H34F8N2O2S/c1-23(38,22(37)36-20-12-11-19(18-35)21(17-20)25(29,30)31)13-8-6-4-2-3-5-7-9-15-39-16-10-14-24(27,28)26(32,33)34/h11-12,17,38H,2-10,13-16H2,1H3,(H,36,37)/t23-/m1/s1. The van der Waals surface area contributed by atoms with Gasteiger partial charge in [0.15, 0.2) is 0 Å². The van der Waals surface area contributed by atoms with Crippen LogP contribution in [0.25, 0.3) is 0 Å². The number of amides is 1. The Morgan fingerprint density at radius 2 is 1.41 bits per heavy atom. The van der Waals surface area contributed by atoms with Gasteiger partial charge in [0, 0.05) is 12.1 Å². The van der Waals surface area contributed by atoms with Crippen LogP contribution in [0.5, 0.6) is 0 Å². The second kappa shape index (κ2) is 15.6. The van der Waals surface area contributed by atoms with Gasteiger partial charge in [-0.2, -0.15) is 52.1 Å². The van der Waals surface area contributed by atoms with Crippen LogP contribution in [0, 0.1) is 11.3 Å². The maximum Gasteiger partial charge on any atom is 0.453 e. The van der Waals surface area contributed by atoms with Crippen LogP contribution in [0.15, 0.2) is 18.2 Å². The summed E-state index contributed by atoms with van der Waals surface area (Å²) >= 11 is 1.37.